The number of nitrogens with zero attached hydrogens (tertiary/aromatic N) is 1. The fraction of sp³-hybridized carbons (Fsp3) is 0.385. The minimum Gasteiger partial charge on any atom is -0.287 e. The summed E-state index contributed by atoms with van der Waals surface area (Å²) in [4.78, 5) is 16.4. The number of hydrogen-bond donors (Lipinski definition) is 0. The highest BCUT2D eigenvalue weighted by atomic mass is 79.9. The number of carbonyl (C=O) groups is 1. The lowest BCUT2D eigenvalue weighted by molar-refractivity contribution is 0.102. The van der Waals surface area contributed by atoms with Crippen LogP contribution in [0.2, 0.25) is 0 Å². The molecule has 0 radical (unpaired) electrons. The number of Topliss-reactive ketones (excluding diaryl/α,β-unsaturated/α-hetero) is 1. The molecular weight excluding hydrogens is 266 g/mol. The van der Waals surface area contributed by atoms with Crippen molar-refractivity contribution in [2.24, 2.45) is 0 Å². The Bertz CT molecular complexity index is 426. The van der Waals surface area contributed by atoms with Crippen LogP contribution in [-0.4, -0.2) is 10.8 Å². The average molecular weight is 280 g/mol. The van der Waals surface area contributed by atoms with Gasteiger partial charge in [0.05, 0.1) is 0 Å². The molecule has 1 aliphatic rings. The Morgan fingerprint density at radius 1 is 1.31 bits per heavy atom. The number of hydrogen-bond acceptors (Lipinski definition) is 2. The molecule has 1 aromatic rings. The molecule has 1 heterocycles. The first-order valence-corrected chi connectivity index (χ1v) is 6.42. The van der Waals surface area contributed by atoms with Crippen LogP contribution in [0.4, 0.5) is 0 Å². The van der Waals surface area contributed by atoms with Crippen LogP contribution < -0.4 is 0 Å². The summed E-state index contributed by atoms with van der Waals surface area (Å²) in [5.41, 5.74) is 1.47. The van der Waals surface area contributed by atoms with E-state index < -0.39 is 0 Å². The van der Waals surface area contributed by atoms with Gasteiger partial charge in [-0.2, -0.15) is 0 Å². The molecule has 1 aromatic heterocycles. The van der Waals surface area contributed by atoms with Crippen molar-refractivity contribution in [1.29, 1.82) is 0 Å². The molecule has 2 rings (SSSR count). The predicted octanol–water partition coefficient (Wildman–Crippen LogP) is 3.92. The Hall–Kier alpha value is -0.960. The molecule has 0 unspecified atom stereocenters. The van der Waals surface area contributed by atoms with E-state index in [1.807, 2.05) is 12.1 Å². The van der Waals surface area contributed by atoms with Crippen molar-refractivity contribution < 1.29 is 4.79 Å². The Kier molecular flexibility index (Phi) is 3.88. The molecule has 0 N–H and O–H groups in total. The number of halogens is 1. The van der Waals surface area contributed by atoms with Gasteiger partial charge < -0.3 is 0 Å². The van der Waals surface area contributed by atoms with Crippen molar-refractivity contribution in [3.63, 3.8) is 0 Å². The standard InChI is InChI=1S/C13H14BrNO/c14-11-8-5-9-15-12(11)13(16)10-6-3-1-2-4-7-10/h5-6,8-9H,1-4,7H2. The van der Waals surface area contributed by atoms with Crippen molar-refractivity contribution in [3.05, 3.63) is 40.1 Å². The molecule has 84 valence electrons. The summed E-state index contributed by atoms with van der Waals surface area (Å²) >= 11 is 3.37. The summed E-state index contributed by atoms with van der Waals surface area (Å²) in [6, 6.07) is 3.68. The van der Waals surface area contributed by atoms with Crippen LogP contribution in [0.1, 0.15) is 42.6 Å². The van der Waals surface area contributed by atoms with Gasteiger partial charge in [-0.25, -0.2) is 0 Å². The lowest BCUT2D eigenvalue weighted by Crippen LogP contribution is -2.06. The van der Waals surface area contributed by atoms with Crippen LogP contribution >= 0.6 is 15.9 Å². The van der Waals surface area contributed by atoms with E-state index in [0.717, 1.165) is 29.3 Å². The fourth-order valence-corrected chi connectivity index (χ4v) is 2.36. The molecule has 0 aliphatic heterocycles. The Labute approximate surface area is 104 Å². The zero-order chi connectivity index (χ0) is 11.4. The quantitative estimate of drug-likeness (QED) is 0.768. The van der Waals surface area contributed by atoms with E-state index in [9.17, 15) is 4.79 Å². The second kappa shape index (κ2) is 5.39. The van der Waals surface area contributed by atoms with E-state index in [2.05, 4.69) is 27.0 Å². The highest BCUT2D eigenvalue weighted by Crippen LogP contribution is 2.23. The van der Waals surface area contributed by atoms with Gasteiger partial charge >= 0.3 is 0 Å². The molecule has 0 bridgehead atoms. The zero-order valence-electron chi connectivity index (χ0n) is 9.08. The summed E-state index contributed by atoms with van der Waals surface area (Å²) < 4.78 is 0.783. The third kappa shape index (κ3) is 2.59. The van der Waals surface area contributed by atoms with E-state index in [0.29, 0.717) is 5.69 Å². The highest BCUT2D eigenvalue weighted by Gasteiger charge is 2.16. The van der Waals surface area contributed by atoms with Gasteiger partial charge in [-0.15, -0.1) is 0 Å². The van der Waals surface area contributed by atoms with Crippen LogP contribution in [0, 0.1) is 0 Å². The summed E-state index contributed by atoms with van der Waals surface area (Å²) in [5, 5.41) is 0. The van der Waals surface area contributed by atoms with Crippen molar-refractivity contribution >= 4 is 21.7 Å². The molecule has 3 heteroatoms. The largest absolute Gasteiger partial charge is 0.287 e. The summed E-state index contributed by atoms with van der Waals surface area (Å²) in [7, 11) is 0. The molecule has 0 fully saturated rings. The van der Waals surface area contributed by atoms with E-state index in [1.165, 1.54) is 12.8 Å². The van der Waals surface area contributed by atoms with Gasteiger partial charge in [-0.3, -0.25) is 9.78 Å². The van der Waals surface area contributed by atoms with Gasteiger partial charge in [0.15, 0.2) is 0 Å². The lowest BCUT2D eigenvalue weighted by Gasteiger charge is -2.05. The SMILES string of the molecule is O=C(C1=CCCCCC1)c1ncccc1Br. The van der Waals surface area contributed by atoms with E-state index >= 15 is 0 Å². The third-order valence-corrected chi connectivity index (χ3v) is 3.45. The highest BCUT2D eigenvalue weighted by molar-refractivity contribution is 9.10. The van der Waals surface area contributed by atoms with Gasteiger partial charge in [0.1, 0.15) is 5.69 Å². The van der Waals surface area contributed by atoms with Gasteiger partial charge in [-0.1, -0.05) is 12.5 Å². The Balaban J connectivity index is 2.24. The normalized spacial score (nSPS) is 16.4. The Morgan fingerprint density at radius 2 is 2.19 bits per heavy atom. The number of pyridine rings is 1. The second-order valence-corrected chi connectivity index (χ2v) is 4.85. The molecule has 0 saturated carbocycles. The lowest BCUT2D eigenvalue weighted by atomic mass is 10.0. The van der Waals surface area contributed by atoms with Crippen molar-refractivity contribution in [3.8, 4) is 0 Å². The van der Waals surface area contributed by atoms with Gasteiger partial charge in [0, 0.05) is 10.7 Å². The monoisotopic (exact) mass is 279 g/mol. The van der Waals surface area contributed by atoms with Crippen molar-refractivity contribution in [2.75, 3.05) is 0 Å². The topological polar surface area (TPSA) is 30.0 Å². The molecule has 0 spiro atoms. The van der Waals surface area contributed by atoms with Crippen LogP contribution in [0.25, 0.3) is 0 Å². The zero-order valence-corrected chi connectivity index (χ0v) is 10.7. The summed E-state index contributed by atoms with van der Waals surface area (Å²) in [6.45, 7) is 0. The molecule has 2 nitrogen and oxygen atoms in total. The number of allylic oxidation sites excluding steroid dienone is 2. The summed E-state index contributed by atoms with van der Waals surface area (Å²) in [6.07, 6.45) is 9.18. The maximum atomic E-state index is 12.2. The van der Waals surface area contributed by atoms with Gasteiger partial charge in [-0.05, 0) is 59.3 Å². The molecule has 0 saturated heterocycles. The Morgan fingerprint density at radius 3 is 3.00 bits per heavy atom. The van der Waals surface area contributed by atoms with Gasteiger partial charge in [0.2, 0.25) is 5.78 Å². The van der Waals surface area contributed by atoms with Crippen LogP contribution in [0.3, 0.4) is 0 Å². The van der Waals surface area contributed by atoms with Crippen molar-refractivity contribution in [2.45, 2.75) is 32.1 Å². The maximum absolute atomic E-state index is 12.2. The first-order chi connectivity index (χ1) is 7.79. The fourth-order valence-electron chi connectivity index (χ4n) is 1.93. The molecule has 0 amide bonds. The second-order valence-electron chi connectivity index (χ2n) is 3.99. The molecular formula is C13H14BrNO. The summed E-state index contributed by atoms with van der Waals surface area (Å²) in [5.74, 6) is 0.0781. The van der Waals surface area contributed by atoms with Crippen LogP contribution in [-0.2, 0) is 0 Å². The maximum Gasteiger partial charge on any atom is 0.208 e. The third-order valence-electron chi connectivity index (χ3n) is 2.81. The first-order valence-electron chi connectivity index (χ1n) is 5.63. The van der Waals surface area contributed by atoms with Crippen molar-refractivity contribution in [1.82, 2.24) is 4.98 Å². The number of carbonyl (C=O) groups excluding carboxylic acids is 1. The number of aromatic nitrogens is 1. The van der Waals surface area contributed by atoms with Gasteiger partial charge in [0.25, 0.3) is 0 Å². The minimum absolute atomic E-state index is 0.0781. The minimum atomic E-state index is 0.0781. The average Bonchev–Trinajstić information content (AvgIpc) is 2.57. The molecule has 0 atom stereocenters. The number of rotatable bonds is 2. The van der Waals surface area contributed by atoms with E-state index in [1.54, 1.807) is 6.20 Å². The number of ketones is 1. The predicted molar refractivity (Wildman–Crippen MR) is 67.4 cm³/mol. The molecule has 1 aliphatic carbocycles. The smallest absolute Gasteiger partial charge is 0.208 e. The van der Waals surface area contributed by atoms with E-state index in [4.69, 9.17) is 0 Å². The molecule has 16 heavy (non-hydrogen) atoms. The van der Waals surface area contributed by atoms with Crippen LogP contribution in [0.15, 0.2) is 34.5 Å². The van der Waals surface area contributed by atoms with E-state index in [-0.39, 0.29) is 5.78 Å². The first kappa shape index (κ1) is 11.5. The molecule has 0 aromatic carbocycles. The van der Waals surface area contributed by atoms with Crippen LogP contribution in [0.5, 0.6) is 0 Å².